The summed E-state index contributed by atoms with van der Waals surface area (Å²) >= 11 is 11.9. The van der Waals surface area contributed by atoms with Gasteiger partial charge in [-0.2, -0.15) is 0 Å². The molecule has 2 rings (SSSR count). The van der Waals surface area contributed by atoms with Gasteiger partial charge in [0.15, 0.2) is 0 Å². The van der Waals surface area contributed by atoms with E-state index in [2.05, 4.69) is 0 Å². The van der Waals surface area contributed by atoms with Crippen molar-refractivity contribution in [1.29, 1.82) is 0 Å². The van der Waals surface area contributed by atoms with E-state index in [-0.39, 0.29) is 9.92 Å². The van der Waals surface area contributed by atoms with Crippen LogP contribution in [-0.4, -0.2) is 15.5 Å². The highest BCUT2D eigenvalue weighted by Crippen LogP contribution is 2.31. The lowest BCUT2D eigenvalue weighted by atomic mass is 10.1. The van der Waals surface area contributed by atoms with E-state index >= 15 is 0 Å². The fourth-order valence-electron chi connectivity index (χ4n) is 2.01. The van der Waals surface area contributed by atoms with Crippen LogP contribution >= 0.6 is 23.2 Å². The normalized spacial score (nSPS) is 11.5. The van der Waals surface area contributed by atoms with E-state index in [1.807, 2.05) is 32.0 Å². The highest BCUT2D eigenvalue weighted by Gasteiger charge is 2.25. The summed E-state index contributed by atoms with van der Waals surface area (Å²) in [7, 11) is -2.26. The van der Waals surface area contributed by atoms with E-state index in [0.29, 0.717) is 10.7 Å². The van der Waals surface area contributed by atoms with Crippen LogP contribution in [0, 0.1) is 13.8 Å². The van der Waals surface area contributed by atoms with Crippen LogP contribution in [0.25, 0.3) is 0 Å². The maximum atomic E-state index is 12.8. The van der Waals surface area contributed by atoms with E-state index in [0.717, 1.165) is 11.1 Å². The molecular weight excluding hydrogens is 329 g/mol. The van der Waals surface area contributed by atoms with E-state index in [1.54, 1.807) is 6.07 Å². The average molecular weight is 344 g/mol. The number of hydrogen-bond acceptors (Lipinski definition) is 2. The fraction of sp³-hybridized carbons (Fsp3) is 0.200. The molecule has 0 radical (unpaired) electrons. The number of halogens is 2. The van der Waals surface area contributed by atoms with Crippen molar-refractivity contribution in [3.05, 3.63) is 57.6 Å². The van der Waals surface area contributed by atoms with E-state index < -0.39 is 10.0 Å². The average Bonchev–Trinajstić information content (AvgIpc) is 2.43. The first kappa shape index (κ1) is 16.1. The van der Waals surface area contributed by atoms with Crippen molar-refractivity contribution in [3.8, 4) is 0 Å². The first-order valence-electron chi connectivity index (χ1n) is 6.24. The SMILES string of the molecule is Cc1ccc(C)c(N(C)S(=O)(=O)c2cc(Cl)ccc2Cl)c1. The standard InChI is InChI=1S/C15H15Cl2NO2S/c1-10-4-5-11(2)14(8-10)18(3)21(19,20)15-9-12(16)6-7-13(15)17/h4-9H,1-3H3. The Morgan fingerprint density at radius 1 is 1.00 bits per heavy atom. The topological polar surface area (TPSA) is 37.4 Å². The van der Waals surface area contributed by atoms with Gasteiger partial charge in [-0.05, 0) is 49.2 Å². The summed E-state index contributed by atoms with van der Waals surface area (Å²) in [4.78, 5) is 0.0000674. The molecule has 21 heavy (non-hydrogen) atoms. The number of anilines is 1. The van der Waals surface area contributed by atoms with Crippen molar-refractivity contribution in [2.45, 2.75) is 18.7 Å². The smallest absolute Gasteiger partial charge is 0.265 e. The molecule has 0 saturated carbocycles. The van der Waals surface area contributed by atoms with Gasteiger partial charge in [0.25, 0.3) is 10.0 Å². The van der Waals surface area contributed by atoms with Gasteiger partial charge in [-0.1, -0.05) is 35.3 Å². The van der Waals surface area contributed by atoms with Gasteiger partial charge in [0.1, 0.15) is 4.90 Å². The molecule has 0 bridgehead atoms. The lowest BCUT2D eigenvalue weighted by Gasteiger charge is -2.22. The largest absolute Gasteiger partial charge is 0.269 e. The van der Waals surface area contributed by atoms with Crippen LogP contribution in [0.5, 0.6) is 0 Å². The zero-order valence-corrected chi connectivity index (χ0v) is 14.2. The fourth-order valence-corrected chi connectivity index (χ4v) is 4.00. The molecule has 6 heteroatoms. The maximum Gasteiger partial charge on any atom is 0.265 e. The molecule has 112 valence electrons. The number of nitrogens with zero attached hydrogens (tertiary/aromatic N) is 1. The molecule has 0 unspecified atom stereocenters. The second-order valence-corrected chi connectivity index (χ2v) is 7.62. The highest BCUT2D eigenvalue weighted by atomic mass is 35.5. The van der Waals surface area contributed by atoms with Gasteiger partial charge >= 0.3 is 0 Å². The van der Waals surface area contributed by atoms with Crippen molar-refractivity contribution in [2.24, 2.45) is 0 Å². The summed E-state index contributed by atoms with van der Waals surface area (Å²) in [6.45, 7) is 3.77. The van der Waals surface area contributed by atoms with E-state index in [9.17, 15) is 8.42 Å². The summed E-state index contributed by atoms with van der Waals surface area (Å²) in [6, 6.07) is 10.0. The van der Waals surface area contributed by atoms with Crippen LogP contribution in [-0.2, 0) is 10.0 Å². The minimum absolute atomic E-state index is 0.0000674. The van der Waals surface area contributed by atoms with Crippen LogP contribution in [0.15, 0.2) is 41.3 Å². The Morgan fingerprint density at radius 2 is 1.67 bits per heavy atom. The molecule has 0 saturated heterocycles. The van der Waals surface area contributed by atoms with Crippen molar-refractivity contribution in [2.75, 3.05) is 11.4 Å². The van der Waals surface area contributed by atoms with Gasteiger partial charge in [-0.15, -0.1) is 0 Å². The van der Waals surface area contributed by atoms with Gasteiger partial charge in [-0.3, -0.25) is 4.31 Å². The zero-order chi connectivity index (χ0) is 15.8. The van der Waals surface area contributed by atoms with Crippen LogP contribution in [0.1, 0.15) is 11.1 Å². The molecule has 0 amide bonds. The van der Waals surface area contributed by atoms with E-state index in [1.165, 1.54) is 23.5 Å². The molecule has 0 aliphatic carbocycles. The van der Waals surface area contributed by atoms with Gasteiger partial charge in [0.05, 0.1) is 10.7 Å². The molecule has 2 aromatic carbocycles. The molecule has 3 nitrogen and oxygen atoms in total. The third kappa shape index (κ3) is 3.18. The Kier molecular flexibility index (Phi) is 4.51. The predicted molar refractivity (Wildman–Crippen MR) is 88.0 cm³/mol. The molecule has 0 aliphatic rings. The van der Waals surface area contributed by atoms with Crippen LogP contribution in [0.2, 0.25) is 10.0 Å². The summed E-state index contributed by atoms with van der Waals surface area (Å²) in [5.41, 5.74) is 2.46. The number of rotatable bonds is 3. The highest BCUT2D eigenvalue weighted by molar-refractivity contribution is 7.93. The Bertz CT molecular complexity index is 788. The number of sulfonamides is 1. The second-order valence-electron chi connectivity index (χ2n) is 4.84. The maximum absolute atomic E-state index is 12.8. The van der Waals surface area contributed by atoms with Gasteiger partial charge in [0.2, 0.25) is 0 Å². The van der Waals surface area contributed by atoms with Crippen LogP contribution in [0.3, 0.4) is 0 Å². The van der Waals surface area contributed by atoms with Gasteiger partial charge < -0.3 is 0 Å². The molecule has 0 fully saturated rings. The third-order valence-corrected chi connectivity index (χ3v) is 5.72. The molecule has 2 aromatic rings. The predicted octanol–water partition coefficient (Wildman–Crippen LogP) is 4.44. The lowest BCUT2D eigenvalue weighted by Crippen LogP contribution is -2.27. The van der Waals surface area contributed by atoms with Crippen molar-refractivity contribution >= 4 is 38.9 Å². The summed E-state index contributed by atoms with van der Waals surface area (Å²) in [6.07, 6.45) is 0. The van der Waals surface area contributed by atoms with Crippen molar-refractivity contribution < 1.29 is 8.42 Å². The summed E-state index contributed by atoms with van der Waals surface area (Å²) in [5, 5.41) is 0.476. The van der Waals surface area contributed by atoms with Gasteiger partial charge in [0, 0.05) is 12.1 Å². The molecule has 0 atom stereocenters. The number of benzene rings is 2. The molecule has 0 N–H and O–H groups in total. The second kappa shape index (κ2) is 5.87. The Morgan fingerprint density at radius 3 is 2.33 bits per heavy atom. The lowest BCUT2D eigenvalue weighted by molar-refractivity contribution is 0.594. The summed E-state index contributed by atoms with van der Waals surface area (Å²) < 4.78 is 26.7. The number of hydrogen-bond donors (Lipinski definition) is 0. The van der Waals surface area contributed by atoms with Crippen molar-refractivity contribution in [1.82, 2.24) is 0 Å². The zero-order valence-electron chi connectivity index (χ0n) is 11.9. The monoisotopic (exact) mass is 343 g/mol. The molecule has 0 spiro atoms. The Balaban J connectivity index is 2.58. The van der Waals surface area contributed by atoms with Gasteiger partial charge in [-0.25, -0.2) is 8.42 Å². The van der Waals surface area contributed by atoms with E-state index in [4.69, 9.17) is 23.2 Å². The Hall–Kier alpha value is -1.23. The molecular formula is C15H15Cl2NO2S. The summed E-state index contributed by atoms with van der Waals surface area (Å²) in [5.74, 6) is 0. The molecule has 0 heterocycles. The first-order valence-corrected chi connectivity index (χ1v) is 8.44. The third-order valence-electron chi connectivity index (χ3n) is 3.24. The minimum atomic E-state index is -3.77. The quantitative estimate of drug-likeness (QED) is 0.826. The first-order chi connectivity index (χ1) is 9.73. The molecule has 0 aliphatic heterocycles. The molecule has 0 aromatic heterocycles. The Labute approximate surface area is 135 Å². The van der Waals surface area contributed by atoms with Crippen LogP contribution < -0.4 is 4.31 Å². The minimum Gasteiger partial charge on any atom is -0.269 e. The van der Waals surface area contributed by atoms with Crippen molar-refractivity contribution in [3.63, 3.8) is 0 Å². The number of aryl methyl sites for hydroxylation is 2. The van der Waals surface area contributed by atoms with Crippen LogP contribution in [0.4, 0.5) is 5.69 Å².